The monoisotopic (exact) mass is 387 g/mol. The van der Waals surface area contributed by atoms with Crippen LogP contribution >= 0.6 is 0 Å². The van der Waals surface area contributed by atoms with Crippen LogP contribution in [-0.2, 0) is 10.0 Å². The van der Waals surface area contributed by atoms with Crippen LogP contribution in [0, 0.1) is 0 Å². The Hall–Kier alpha value is -2.51. The smallest absolute Gasteiger partial charge is 0.267 e. The normalized spacial score (nSPS) is 13.0. The molecule has 0 saturated carbocycles. The molecule has 1 amide bonds. The van der Waals surface area contributed by atoms with Gasteiger partial charge in [0, 0.05) is 30.8 Å². The molecule has 0 bridgehead atoms. The number of nitrogens with one attached hydrogen (secondary N) is 1. The van der Waals surface area contributed by atoms with Crippen LogP contribution in [0.1, 0.15) is 42.6 Å². The molecule has 0 aliphatic rings. The van der Waals surface area contributed by atoms with E-state index >= 15 is 0 Å². The van der Waals surface area contributed by atoms with Crippen LogP contribution in [0.15, 0.2) is 64.6 Å². The van der Waals surface area contributed by atoms with Crippen LogP contribution in [0.5, 0.6) is 0 Å². The van der Waals surface area contributed by atoms with Crippen molar-refractivity contribution in [2.24, 2.45) is 5.10 Å². The third kappa shape index (κ3) is 5.24. The number of carbonyl (C=O) groups is 1. The van der Waals surface area contributed by atoms with Crippen molar-refractivity contribution in [2.75, 3.05) is 13.1 Å². The number of amides is 1. The summed E-state index contributed by atoms with van der Waals surface area (Å²) in [6.07, 6.45) is 1.64. The summed E-state index contributed by atoms with van der Waals surface area (Å²) in [5.74, 6) is -0.413. The molecule has 0 spiro atoms. The van der Waals surface area contributed by atoms with Gasteiger partial charge in [0.2, 0.25) is 10.0 Å². The van der Waals surface area contributed by atoms with Crippen molar-refractivity contribution in [1.82, 2.24) is 9.73 Å². The summed E-state index contributed by atoms with van der Waals surface area (Å²) < 4.78 is 26.5. The largest absolute Gasteiger partial charge is 0.271 e. The van der Waals surface area contributed by atoms with Crippen LogP contribution < -0.4 is 5.43 Å². The minimum Gasteiger partial charge on any atom is -0.267 e. The van der Waals surface area contributed by atoms with Crippen LogP contribution in [0.25, 0.3) is 0 Å². The van der Waals surface area contributed by atoms with E-state index in [1.165, 1.54) is 16.4 Å². The minimum absolute atomic E-state index is 0.0425. The van der Waals surface area contributed by atoms with Gasteiger partial charge in [0.1, 0.15) is 0 Å². The molecule has 0 aliphatic heterocycles. The van der Waals surface area contributed by atoms with E-state index in [1.54, 1.807) is 32.2 Å². The first-order valence-electron chi connectivity index (χ1n) is 8.88. The molecule has 0 aromatic heterocycles. The topological polar surface area (TPSA) is 78.8 Å². The van der Waals surface area contributed by atoms with Crippen molar-refractivity contribution in [3.8, 4) is 0 Å². The maximum Gasteiger partial charge on any atom is 0.271 e. The highest BCUT2D eigenvalue weighted by Crippen LogP contribution is 2.17. The second-order valence-corrected chi connectivity index (χ2v) is 7.97. The lowest BCUT2D eigenvalue weighted by atomic mass is 10.0. The van der Waals surface area contributed by atoms with E-state index in [4.69, 9.17) is 0 Å². The van der Waals surface area contributed by atoms with Gasteiger partial charge in [0.25, 0.3) is 5.91 Å². The van der Waals surface area contributed by atoms with Gasteiger partial charge in [0.05, 0.1) is 4.90 Å². The van der Waals surface area contributed by atoms with Gasteiger partial charge in [-0.25, -0.2) is 13.8 Å². The minimum atomic E-state index is -3.61. The number of nitrogens with zero attached hydrogens (tertiary/aromatic N) is 2. The van der Waals surface area contributed by atoms with E-state index < -0.39 is 15.9 Å². The highest BCUT2D eigenvalue weighted by atomic mass is 32.2. The molecule has 144 valence electrons. The van der Waals surface area contributed by atoms with Gasteiger partial charge in [-0.2, -0.15) is 9.41 Å². The van der Waals surface area contributed by atoms with E-state index in [2.05, 4.69) is 10.5 Å². The number of rotatable bonds is 8. The van der Waals surface area contributed by atoms with Crippen molar-refractivity contribution < 1.29 is 13.2 Å². The predicted molar refractivity (Wildman–Crippen MR) is 107 cm³/mol. The molecule has 7 heteroatoms. The van der Waals surface area contributed by atoms with Gasteiger partial charge in [0.15, 0.2) is 0 Å². The van der Waals surface area contributed by atoms with E-state index in [9.17, 15) is 13.2 Å². The zero-order valence-corrected chi connectivity index (χ0v) is 16.6. The average Bonchev–Trinajstić information content (AvgIpc) is 2.69. The first-order chi connectivity index (χ1) is 12.9. The molecule has 2 aromatic rings. The summed E-state index contributed by atoms with van der Waals surface area (Å²) >= 11 is 0. The highest BCUT2D eigenvalue weighted by Gasteiger charge is 2.22. The molecule has 0 aliphatic carbocycles. The molecule has 1 unspecified atom stereocenters. The van der Waals surface area contributed by atoms with Crippen LogP contribution in [-0.4, -0.2) is 37.9 Å². The molecule has 2 rings (SSSR count). The molecule has 0 saturated heterocycles. The summed E-state index contributed by atoms with van der Waals surface area (Å²) in [6, 6.07) is 15.8. The summed E-state index contributed by atoms with van der Waals surface area (Å²) in [5, 5.41) is 4.00. The van der Waals surface area contributed by atoms with E-state index in [1.807, 2.05) is 37.3 Å². The Morgan fingerprint density at radius 2 is 1.78 bits per heavy atom. The third-order valence-corrected chi connectivity index (χ3v) is 6.27. The molecular weight excluding hydrogens is 362 g/mol. The van der Waals surface area contributed by atoms with Crippen molar-refractivity contribution in [3.05, 3.63) is 65.7 Å². The van der Waals surface area contributed by atoms with Gasteiger partial charge in [-0.1, -0.05) is 57.2 Å². The SMILES string of the molecule is CCN(CC)S(=O)(=O)c1cccc(C(=O)NN=CC(C)c2ccccc2)c1. The summed E-state index contributed by atoms with van der Waals surface area (Å²) in [5.41, 5.74) is 3.79. The lowest BCUT2D eigenvalue weighted by molar-refractivity contribution is 0.0955. The van der Waals surface area contributed by atoms with Gasteiger partial charge in [-0.05, 0) is 23.8 Å². The Morgan fingerprint density at radius 3 is 2.41 bits per heavy atom. The quantitative estimate of drug-likeness (QED) is 0.558. The predicted octanol–water partition coefficient (Wildman–Crippen LogP) is 3.24. The molecule has 2 aromatic carbocycles. The molecule has 0 heterocycles. The van der Waals surface area contributed by atoms with Crippen molar-refractivity contribution >= 4 is 22.1 Å². The molecular formula is C20H25N3O3S. The lowest BCUT2D eigenvalue weighted by Gasteiger charge is -2.18. The Bertz CT molecular complexity index is 892. The first-order valence-corrected chi connectivity index (χ1v) is 10.3. The average molecular weight is 388 g/mol. The Kier molecular flexibility index (Phi) is 7.27. The highest BCUT2D eigenvalue weighted by molar-refractivity contribution is 7.89. The number of carbonyl (C=O) groups excluding carboxylic acids is 1. The fourth-order valence-electron chi connectivity index (χ4n) is 2.63. The third-order valence-electron chi connectivity index (χ3n) is 4.23. The standard InChI is InChI=1S/C20H25N3O3S/c1-4-23(5-2)27(25,26)19-13-9-12-18(14-19)20(24)22-21-15-16(3)17-10-7-6-8-11-17/h6-16H,4-5H2,1-3H3,(H,22,24). The summed E-state index contributed by atoms with van der Waals surface area (Å²) in [6.45, 7) is 6.27. The van der Waals surface area contributed by atoms with Crippen LogP contribution in [0.2, 0.25) is 0 Å². The Labute approximate surface area is 161 Å². The molecule has 1 atom stereocenters. The van der Waals surface area contributed by atoms with Gasteiger partial charge < -0.3 is 0 Å². The summed E-state index contributed by atoms with van der Waals surface area (Å²) in [4.78, 5) is 12.4. The van der Waals surface area contributed by atoms with E-state index in [0.717, 1.165) is 5.56 Å². The second kappa shape index (κ2) is 9.43. The van der Waals surface area contributed by atoms with Crippen molar-refractivity contribution in [3.63, 3.8) is 0 Å². The van der Waals surface area contributed by atoms with Crippen molar-refractivity contribution in [1.29, 1.82) is 0 Å². The maximum absolute atomic E-state index is 12.6. The number of hydrogen-bond donors (Lipinski definition) is 1. The van der Waals surface area contributed by atoms with Gasteiger partial charge in [-0.3, -0.25) is 4.79 Å². The molecule has 0 fully saturated rings. The molecule has 1 N–H and O–H groups in total. The van der Waals surface area contributed by atoms with E-state index in [-0.39, 0.29) is 16.4 Å². The van der Waals surface area contributed by atoms with Crippen LogP contribution in [0.3, 0.4) is 0 Å². The van der Waals surface area contributed by atoms with E-state index in [0.29, 0.717) is 13.1 Å². The fraction of sp³-hybridized carbons (Fsp3) is 0.300. The fourth-order valence-corrected chi connectivity index (χ4v) is 4.13. The second-order valence-electron chi connectivity index (χ2n) is 6.04. The number of hydrogen-bond acceptors (Lipinski definition) is 4. The molecule has 0 radical (unpaired) electrons. The lowest BCUT2D eigenvalue weighted by Crippen LogP contribution is -2.30. The van der Waals surface area contributed by atoms with Crippen LogP contribution in [0.4, 0.5) is 0 Å². The Balaban J connectivity index is 2.10. The van der Waals surface area contributed by atoms with Gasteiger partial charge in [-0.15, -0.1) is 0 Å². The van der Waals surface area contributed by atoms with Crippen molar-refractivity contribution in [2.45, 2.75) is 31.6 Å². The maximum atomic E-state index is 12.6. The van der Waals surface area contributed by atoms with Gasteiger partial charge >= 0.3 is 0 Å². The zero-order valence-electron chi connectivity index (χ0n) is 15.8. The zero-order chi connectivity index (χ0) is 19.9. The molecule has 27 heavy (non-hydrogen) atoms. The molecule has 6 nitrogen and oxygen atoms in total. The number of sulfonamides is 1. The first kappa shape index (κ1) is 20.8. The number of benzene rings is 2. The summed E-state index contributed by atoms with van der Waals surface area (Å²) in [7, 11) is -3.61. The number of hydrazone groups is 1. The Morgan fingerprint density at radius 1 is 1.11 bits per heavy atom.